The highest BCUT2D eigenvalue weighted by Crippen LogP contribution is 2.26. The summed E-state index contributed by atoms with van der Waals surface area (Å²) < 4.78 is 13.7. The van der Waals surface area contributed by atoms with Crippen molar-refractivity contribution in [2.24, 2.45) is 10.9 Å². The minimum atomic E-state index is -0.324. The van der Waals surface area contributed by atoms with Crippen LogP contribution in [0, 0.1) is 23.1 Å². The number of fused-ring (bicyclic) bond motifs is 1. The maximum Gasteiger partial charge on any atom is 0.137 e. The van der Waals surface area contributed by atoms with Crippen LogP contribution < -0.4 is 10.6 Å². The van der Waals surface area contributed by atoms with Crippen LogP contribution in [0.25, 0.3) is 22.7 Å². The Balaban J connectivity index is 2.42. The van der Waals surface area contributed by atoms with Crippen LogP contribution in [0.5, 0.6) is 0 Å². The third-order valence-electron chi connectivity index (χ3n) is 7.27. The van der Waals surface area contributed by atoms with Gasteiger partial charge in [-0.15, -0.1) is 0 Å². The molecular weight excluding hydrogens is 485 g/mol. The number of rotatable bonds is 9. The van der Waals surface area contributed by atoms with Gasteiger partial charge in [0.05, 0.1) is 23.0 Å². The first-order valence-corrected chi connectivity index (χ1v) is 13.7. The molecule has 0 fully saturated rings. The van der Waals surface area contributed by atoms with Crippen LogP contribution in [0.1, 0.15) is 66.1 Å². The predicted octanol–water partition coefficient (Wildman–Crippen LogP) is 6.10. The van der Waals surface area contributed by atoms with Gasteiger partial charge in [0, 0.05) is 36.3 Å². The highest BCUT2D eigenvalue weighted by molar-refractivity contribution is 5.94. The molecule has 1 atom stereocenters. The first-order chi connectivity index (χ1) is 18.7. The molecule has 1 aromatic carbocycles. The maximum absolute atomic E-state index is 13.7. The van der Waals surface area contributed by atoms with Crippen molar-refractivity contribution in [2.75, 3.05) is 19.6 Å². The Hall–Kier alpha value is -3.98. The summed E-state index contributed by atoms with van der Waals surface area (Å²) >= 11 is 0. The average Bonchev–Trinajstić information content (AvgIpc) is 2.96. The molecule has 0 spiro atoms. The van der Waals surface area contributed by atoms with E-state index >= 15 is 0 Å². The van der Waals surface area contributed by atoms with Crippen molar-refractivity contribution in [3.8, 4) is 6.07 Å². The molecule has 1 aliphatic heterocycles. The summed E-state index contributed by atoms with van der Waals surface area (Å²) in [7, 11) is 0. The number of pyridine rings is 1. The van der Waals surface area contributed by atoms with E-state index in [0.29, 0.717) is 23.4 Å². The van der Waals surface area contributed by atoms with E-state index in [9.17, 15) is 9.65 Å². The van der Waals surface area contributed by atoms with E-state index in [-0.39, 0.29) is 11.7 Å². The lowest BCUT2D eigenvalue weighted by Gasteiger charge is -2.39. The number of aliphatic imine (C=N–C) groups is 1. The fourth-order valence-electron chi connectivity index (χ4n) is 4.84. The molecule has 1 aromatic heterocycles. The largest absolute Gasteiger partial charge is 0.352 e. The zero-order valence-electron chi connectivity index (χ0n) is 24.3. The number of hydrogen-bond donors (Lipinski definition) is 0. The van der Waals surface area contributed by atoms with Gasteiger partial charge in [0.25, 0.3) is 0 Å². The lowest BCUT2D eigenvalue weighted by molar-refractivity contribution is 0.367. The Morgan fingerprint density at radius 2 is 1.92 bits per heavy atom. The van der Waals surface area contributed by atoms with Crippen molar-refractivity contribution < 1.29 is 4.39 Å². The molecule has 0 bridgehead atoms. The summed E-state index contributed by atoms with van der Waals surface area (Å²) in [4.78, 5) is 15.0. The molecule has 39 heavy (non-hydrogen) atoms. The summed E-state index contributed by atoms with van der Waals surface area (Å²) in [6.07, 6.45) is 4.72. The Bertz CT molecular complexity index is 1470. The monoisotopic (exact) mass is 525 g/mol. The van der Waals surface area contributed by atoms with Gasteiger partial charge in [0.1, 0.15) is 22.8 Å². The highest BCUT2D eigenvalue weighted by atomic mass is 19.1. The van der Waals surface area contributed by atoms with Crippen LogP contribution in [0.15, 0.2) is 65.7 Å². The topological polar surface area (TPSA) is 55.5 Å². The van der Waals surface area contributed by atoms with Crippen LogP contribution in [0.4, 0.5) is 4.39 Å². The number of allylic oxidation sites excluding steroid dienone is 4. The van der Waals surface area contributed by atoms with E-state index in [1.807, 2.05) is 19.1 Å². The highest BCUT2D eigenvalue weighted by Gasteiger charge is 2.28. The van der Waals surface area contributed by atoms with Gasteiger partial charge in [-0.2, -0.15) is 5.26 Å². The van der Waals surface area contributed by atoms with Gasteiger partial charge in [-0.3, -0.25) is 0 Å². The standard InChI is InChI=1S/C33H40FN5/c1-9-22(6)32(37-30(23(7)20-35)26-14-16-27(34)17-15-26)39(13-5)33-31-28(24(8)21-38(33)12-4)18-19-29(36-31)25(10-2)11-3/h10-11,14-19,22H,2,9,12-13,21H2,1,3-8H3/b25-11+,30-23+,37-32?. The van der Waals surface area contributed by atoms with Crippen molar-refractivity contribution >= 4 is 28.5 Å². The second kappa shape index (κ2) is 13.2. The summed E-state index contributed by atoms with van der Waals surface area (Å²) in [5.74, 6) is 1.63. The normalized spacial score (nSPS) is 15.4. The molecule has 5 nitrogen and oxygen atoms in total. The van der Waals surface area contributed by atoms with Gasteiger partial charge in [-0.1, -0.05) is 38.6 Å². The third-order valence-corrected chi connectivity index (χ3v) is 7.27. The van der Waals surface area contributed by atoms with E-state index in [2.05, 4.69) is 69.2 Å². The molecular formula is C33H40FN5. The van der Waals surface area contributed by atoms with Crippen LogP contribution in [0.2, 0.25) is 0 Å². The molecule has 0 saturated carbocycles. The van der Waals surface area contributed by atoms with Crippen LogP contribution in [-0.2, 0) is 0 Å². The fraction of sp³-hybridized carbons (Fsp3) is 0.364. The van der Waals surface area contributed by atoms with E-state index in [0.717, 1.165) is 53.0 Å². The molecule has 3 rings (SSSR count). The van der Waals surface area contributed by atoms with Crippen molar-refractivity contribution in [2.45, 2.75) is 54.9 Å². The summed E-state index contributed by atoms with van der Waals surface area (Å²) in [5.41, 5.74) is 4.86. The van der Waals surface area contributed by atoms with Crippen molar-refractivity contribution in [1.82, 2.24) is 14.8 Å². The van der Waals surface area contributed by atoms with E-state index < -0.39 is 0 Å². The Labute approximate surface area is 232 Å². The number of nitrogens with zero attached hydrogens (tertiary/aromatic N) is 5. The van der Waals surface area contributed by atoms with Crippen LogP contribution in [0.3, 0.4) is 0 Å². The smallest absolute Gasteiger partial charge is 0.137 e. The lowest BCUT2D eigenvalue weighted by atomic mass is 10.0. The Kier molecular flexibility index (Phi) is 10.0. The van der Waals surface area contributed by atoms with E-state index in [1.165, 1.54) is 17.7 Å². The minimum absolute atomic E-state index is 0.0935. The van der Waals surface area contributed by atoms with Gasteiger partial charge in [0.15, 0.2) is 0 Å². The zero-order chi connectivity index (χ0) is 28.7. The molecule has 0 amide bonds. The average molecular weight is 526 g/mol. The van der Waals surface area contributed by atoms with E-state index in [4.69, 9.17) is 9.98 Å². The maximum atomic E-state index is 13.7. The lowest BCUT2D eigenvalue weighted by Crippen LogP contribution is -2.52. The SMILES string of the molecule is C=C/C(=C\C)c1ccc2c(n1)=C(N(CC)C(=N/C(=C(\C)C#N)c1ccc(F)cc1)C(C)CC)N(CC)CC=2C. The molecule has 1 aliphatic rings. The van der Waals surface area contributed by atoms with Gasteiger partial charge < -0.3 is 9.80 Å². The van der Waals surface area contributed by atoms with Crippen LogP contribution >= 0.6 is 0 Å². The molecule has 6 heteroatoms. The fourth-order valence-corrected chi connectivity index (χ4v) is 4.84. The molecule has 0 N–H and O–H groups in total. The number of benzene rings is 1. The number of amidine groups is 1. The molecule has 0 saturated heterocycles. The van der Waals surface area contributed by atoms with Gasteiger partial charge in [0.2, 0.25) is 0 Å². The molecule has 204 valence electrons. The minimum Gasteiger partial charge on any atom is -0.352 e. The number of nitriles is 1. The molecule has 1 unspecified atom stereocenters. The van der Waals surface area contributed by atoms with E-state index in [1.54, 1.807) is 19.1 Å². The summed E-state index contributed by atoms with van der Waals surface area (Å²) in [6.45, 7) is 20.7. The quantitative estimate of drug-likeness (QED) is 0.172. The van der Waals surface area contributed by atoms with Crippen molar-refractivity contribution in [3.05, 3.63) is 88.3 Å². The molecule has 2 aromatic rings. The third kappa shape index (κ3) is 6.20. The van der Waals surface area contributed by atoms with Crippen LogP contribution in [-0.4, -0.2) is 40.3 Å². The van der Waals surface area contributed by atoms with Crippen molar-refractivity contribution in [1.29, 1.82) is 5.26 Å². The second-order valence-corrected chi connectivity index (χ2v) is 9.77. The molecule has 2 heterocycles. The predicted molar refractivity (Wildman–Crippen MR) is 161 cm³/mol. The first-order valence-electron chi connectivity index (χ1n) is 13.7. The Morgan fingerprint density at radius 3 is 2.46 bits per heavy atom. The first kappa shape index (κ1) is 29.6. The number of halogens is 1. The number of aromatic nitrogens is 1. The van der Waals surface area contributed by atoms with Gasteiger partial charge in [-0.25, -0.2) is 14.4 Å². The number of hydrogen-bond acceptors (Lipinski definition) is 4. The van der Waals surface area contributed by atoms with Gasteiger partial charge in [-0.05, 0) is 82.5 Å². The molecule has 0 aliphatic carbocycles. The van der Waals surface area contributed by atoms with Gasteiger partial charge >= 0.3 is 0 Å². The zero-order valence-corrected chi connectivity index (χ0v) is 24.3. The summed E-state index contributed by atoms with van der Waals surface area (Å²) in [6, 6.07) is 12.7. The summed E-state index contributed by atoms with van der Waals surface area (Å²) in [5, 5.41) is 11.9. The second-order valence-electron chi connectivity index (χ2n) is 9.77. The van der Waals surface area contributed by atoms with Crippen molar-refractivity contribution in [3.63, 3.8) is 0 Å². The molecule has 0 radical (unpaired) electrons. The Morgan fingerprint density at radius 1 is 1.23 bits per heavy atom.